The van der Waals surface area contributed by atoms with Gasteiger partial charge in [0.1, 0.15) is 5.60 Å². The molecule has 1 saturated heterocycles. The Hall–Kier alpha value is -0.770. The number of carbonyl (C=O) groups excluding carboxylic acids is 1. The Balaban J connectivity index is 1.95. The molecule has 1 aliphatic heterocycles. The van der Waals surface area contributed by atoms with Crippen molar-refractivity contribution in [2.45, 2.75) is 65.1 Å². The Morgan fingerprint density at radius 2 is 2.00 bits per heavy atom. The fourth-order valence-electron chi connectivity index (χ4n) is 2.73. The molecule has 0 aromatic rings. The Kier molecular flexibility index (Phi) is 3.34. The highest BCUT2D eigenvalue weighted by molar-refractivity contribution is 5.69. The van der Waals surface area contributed by atoms with Gasteiger partial charge >= 0.3 is 6.09 Å². The molecule has 1 atom stereocenters. The zero-order valence-electron chi connectivity index (χ0n) is 12.2. The number of hydrogen-bond donors (Lipinski definition) is 1. The summed E-state index contributed by atoms with van der Waals surface area (Å²) in [6.45, 7) is 11.7. The lowest BCUT2D eigenvalue weighted by Crippen LogP contribution is -2.42. The molecule has 0 radical (unpaired) electrons. The SMILES string of the molecule is CC(C)N[C@H]1CN(C(=O)OC(C)(C)C)CC12CC2. The highest BCUT2D eigenvalue weighted by Gasteiger charge is 2.56. The van der Waals surface area contributed by atoms with Crippen molar-refractivity contribution in [3.63, 3.8) is 0 Å². The lowest BCUT2D eigenvalue weighted by molar-refractivity contribution is 0.0283. The summed E-state index contributed by atoms with van der Waals surface area (Å²) in [5.74, 6) is 0. The fraction of sp³-hybridized carbons (Fsp3) is 0.929. The second-order valence-corrected chi connectivity index (χ2v) is 7.10. The summed E-state index contributed by atoms with van der Waals surface area (Å²) >= 11 is 0. The summed E-state index contributed by atoms with van der Waals surface area (Å²) in [7, 11) is 0. The maximum atomic E-state index is 12.1. The normalized spacial score (nSPS) is 25.9. The van der Waals surface area contributed by atoms with Crippen LogP contribution in [0.4, 0.5) is 4.79 Å². The average Bonchev–Trinajstić information content (AvgIpc) is 2.83. The third-order valence-corrected chi connectivity index (χ3v) is 3.73. The van der Waals surface area contributed by atoms with Crippen molar-refractivity contribution in [3.05, 3.63) is 0 Å². The minimum atomic E-state index is -0.405. The van der Waals surface area contributed by atoms with Gasteiger partial charge in [0.2, 0.25) is 0 Å². The van der Waals surface area contributed by atoms with Gasteiger partial charge in [-0.2, -0.15) is 0 Å². The van der Waals surface area contributed by atoms with Crippen molar-refractivity contribution in [2.75, 3.05) is 13.1 Å². The molecule has 0 aromatic carbocycles. The molecule has 0 bridgehead atoms. The molecule has 104 valence electrons. The summed E-state index contributed by atoms with van der Waals surface area (Å²) in [5.41, 5.74) is -0.0709. The van der Waals surface area contributed by atoms with Crippen molar-refractivity contribution in [3.8, 4) is 0 Å². The van der Waals surface area contributed by atoms with Gasteiger partial charge in [0.15, 0.2) is 0 Å². The maximum absolute atomic E-state index is 12.1. The minimum absolute atomic E-state index is 0.165. The molecule has 1 spiro atoms. The van der Waals surface area contributed by atoms with E-state index in [0.29, 0.717) is 17.5 Å². The molecule has 0 unspecified atom stereocenters. The van der Waals surface area contributed by atoms with Gasteiger partial charge in [-0.1, -0.05) is 13.8 Å². The summed E-state index contributed by atoms with van der Waals surface area (Å²) in [6.07, 6.45) is 2.30. The van der Waals surface area contributed by atoms with Crippen LogP contribution in [0.5, 0.6) is 0 Å². The van der Waals surface area contributed by atoms with Crippen molar-refractivity contribution in [1.29, 1.82) is 0 Å². The molecule has 2 aliphatic rings. The number of hydrogen-bond acceptors (Lipinski definition) is 3. The third kappa shape index (κ3) is 2.97. The molecule has 4 heteroatoms. The first-order chi connectivity index (χ1) is 8.22. The molecule has 1 N–H and O–H groups in total. The molecular formula is C14H26N2O2. The molecule has 2 fully saturated rings. The summed E-state index contributed by atoms with van der Waals surface area (Å²) < 4.78 is 5.46. The van der Waals surface area contributed by atoms with E-state index in [2.05, 4.69) is 19.2 Å². The molecule has 1 amide bonds. The van der Waals surface area contributed by atoms with E-state index in [0.717, 1.165) is 13.1 Å². The molecule has 1 aliphatic carbocycles. The molecule has 2 rings (SSSR count). The van der Waals surface area contributed by atoms with E-state index in [9.17, 15) is 4.79 Å². The number of amides is 1. The first-order valence-electron chi connectivity index (χ1n) is 6.96. The smallest absolute Gasteiger partial charge is 0.410 e. The highest BCUT2D eigenvalue weighted by Crippen LogP contribution is 2.53. The Morgan fingerprint density at radius 3 is 2.44 bits per heavy atom. The zero-order valence-corrected chi connectivity index (χ0v) is 12.2. The minimum Gasteiger partial charge on any atom is -0.444 e. The van der Waals surface area contributed by atoms with E-state index in [1.165, 1.54) is 12.8 Å². The summed E-state index contributed by atoms with van der Waals surface area (Å²) in [4.78, 5) is 14.0. The van der Waals surface area contributed by atoms with Crippen LogP contribution in [0.3, 0.4) is 0 Å². The lowest BCUT2D eigenvalue weighted by Gasteiger charge is -2.24. The molecular weight excluding hydrogens is 228 g/mol. The van der Waals surface area contributed by atoms with E-state index in [4.69, 9.17) is 4.74 Å². The second-order valence-electron chi connectivity index (χ2n) is 7.10. The van der Waals surface area contributed by atoms with Gasteiger partial charge in [-0.25, -0.2) is 4.79 Å². The molecule has 0 aromatic heterocycles. The van der Waals surface area contributed by atoms with Crippen molar-refractivity contribution < 1.29 is 9.53 Å². The van der Waals surface area contributed by atoms with Crippen molar-refractivity contribution >= 4 is 6.09 Å². The van der Waals surface area contributed by atoms with Gasteiger partial charge in [0.25, 0.3) is 0 Å². The van der Waals surface area contributed by atoms with Crippen LogP contribution in [0, 0.1) is 5.41 Å². The van der Waals surface area contributed by atoms with Gasteiger partial charge in [-0.15, -0.1) is 0 Å². The van der Waals surface area contributed by atoms with Crippen LogP contribution in [0.25, 0.3) is 0 Å². The number of carbonyl (C=O) groups is 1. The van der Waals surface area contributed by atoms with Gasteiger partial charge < -0.3 is 15.0 Å². The Labute approximate surface area is 110 Å². The first-order valence-corrected chi connectivity index (χ1v) is 6.96. The number of nitrogens with one attached hydrogen (secondary N) is 1. The largest absolute Gasteiger partial charge is 0.444 e. The van der Waals surface area contributed by atoms with Gasteiger partial charge in [-0.3, -0.25) is 0 Å². The van der Waals surface area contributed by atoms with Crippen LogP contribution in [-0.2, 0) is 4.74 Å². The van der Waals surface area contributed by atoms with Crippen LogP contribution in [0.1, 0.15) is 47.5 Å². The van der Waals surface area contributed by atoms with E-state index in [1.54, 1.807) is 0 Å². The van der Waals surface area contributed by atoms with E-state index in [1.807, 2.05) is 25.7 Å². The number of nitrogens with zero attached hydrogens (tertiary/aromatic N) is 1. The Bertz CT molecular complexity index is 329. The van der Waals surface area contributed by atoms with Crippen LogP contribution in [0.2, 0.25) is 0 Å². The predicted molar refractivity (Wildman–Crippen MR) is 71.5 cm³/mol. The number of rotatable bonds is 2. The molecule has 1 heterocycles. The standard InChI is InChI=1S/C14H26N2O2/c1-10(2)15-11-8-16(9-14(11)6-7-14)12(17)18-13(3,4)5/h10-11,15H,6-9H2,1-5H3/t11-/m0/s1. The van der Waals surface area contributed by atoms with Gasteiger partial charge in [0.05, 0.1) is 0 Å². The monoisotopic (exact) mass is 254 g/mol. The van der Waals surface area contributed by atoms with Crippen molar-refractivity contribution in [1.82, 2.24) is 10.2 Å². The van der Waals surface area contributed by atoms with Crippen LogP contribution in [0.15, 0.2) is 0 Å². The lowest BCUT2D eigenvalue weighted by atomic mass is 10.0. The molecule has 4 nitrogen and oxygen atoms in total. The average molecular weight is 254 g/mol. The van der Waals surface area contributed by atoms with E-state index < -0.39 is 5.60 Å². The van der Waals surface area contributed by atoms with Gasteiger partial charge in [0, 0.05) is 30.6 Å². The maximum Gasteiger partial charge on any atom is 0.410 e. The van der Waals surface area contributed by atoms with E-state index in [-0.39, 0.29) is 6.09 Å². The topological polar surface area (TPSA) is 41.6 Å². The van der Waals surface area contributed by atoms with Crippen molar-refractivity contribution in [2.24, 2.45) is 5.41 Å². The zero-order chi connectivity index (χ0) is 13.6. The first kappa shape index (κ1) is 13.7. The van der Waals surface area contributed by atoms with Crippen LogP contribution < -0.4 is 5.32 Å². The predicted octanol–water partition coefficient (Wildman–Crippen LogP) is 2.38. The molecule has 18 heavy (non-hydrogen) atoms. The number of ether oxygens (including phenoxy) is 1. The van der Waals surface area contributed by atoms with Crippen LogP contribution >= 0.6 is 0 Å². The summed E-state index contributed by atoms with van der Waals surface area (Å²) in [5, 5.41) is 3.59. The quantitative estimate of drug-likeness (QED) is 0.822. The van der Waals surface area contributed by atoms with Crippen LogP contribution in [-0.4, -0.2) is 41.8 Å². The summed E-state index contributed by atoms with van der Waals surface area (Å²) in [6, 6.07) is 0.899. The third-order valence-electron chi connectivity index (χ3n) is 3.73. The number of likely N-dealkylation sites (tertiary alicyclic amines) is 1. The fourth-order valence-corrected chi connectivity index (χ4v) is 2.73. The second kappa shape index (κ2) is 4.41. The Morgan fingerprint density at radius 1 is 1.39 bits per heavy atom. The highest BCUT2D eigenvalue weighted by atomic mass is 16.6. The molecule has 1 saturated carbocycles. The van der Waals surface area contributed by atoms with E-state index >= 15 is 0 Å². The van der Waals surface area contributed by atoms with Gasteiger partial charge in [-0.05, 0) is 33.6 Å².